The molecule has 3 nitrogen and oxygen atoms in total. The average Bonchev–Trinajstić information content (AvgIpc) is 2.34. The molecule has 1 N–H and O–H groups in total. The predicted molar refractivity (Wildman–Crippen MR) is 47.0 cm³/mol. The maximum absolute atomic E-state index is 11.6. The van der Waals surface area contributed by atoms with Crippen LogP contribution in [0.1, 0.15) is 33.6 Å². The zero-order chi connectivity index (χ0) is 9.91. The van der Waals surface area contributed by atoms with Gasteiger partial charge in [0.15, 0.2) is 0 Å². The number of carbonyl (C=O) groups excluding carboxylic acids is 1. The van der Waals surface area contributed by atoms with E-state index in [-0.39, 0.29) is 18.0 Å². The number of ether oxygens (including phenoxy) is 1. The van der Waals surface area contributed by atoms with Crippen LogP contribution in [-0.2, 0) is 9.53 Å². The van der Waals surface area contributed by atoms with Gasteiger partial charge in [-0.1, -0.05) is 13.8 Å². The van der Waals surface area contributed by atoms with Crippen LogP contribution in [-0.4, -0.2) is 23.3 Å². The normalized spacial score (nSPS) is 46.6. The SMILES string of the molecule is CC12CCC(CO)(OC1=O)C2(C)C. The Morgan fingerprint density at radius 3 is 2.23 bits per heavy atom. The maximum Gasteiger partial charge on any atom is 0.313 e. The number of fused-ring (bicyclic) bond motifs is 2. The number of rotatable bonds is 1. The van der Waals surface area contributed by atoms with Gasteiger partial charge in [0, 0.05) is 5.41 Å². The van der Waals surface area contributed by atoms with Crippen molar-refractivity contribution in [3.8, 4) is 0 Å². The predicted octanol–water partition coefficient (Wildman–Crippen LogP) is 1.10. The molecular formula is C10H16O3. The van der Waals surface area contributed by atoms with Crippen molar-refractivity contribution in [3.05, 3.63) is 0 Å². The molecule has 2 rings (SSSR count). The van der Waals surface area contributed by atoms with E-state index in [1.165, 1.54) is 0 Å². The van der Waals surface area contributed by atoms with E-state index in [0.717, 1.165) is 12.8 Å². The second-order valence-electron chi connectivity index (χ2n) is 5.00. The highest BCUT2D eigenvalue weighted by Gasteiger charge is 2.72. The van der Waals surface area contributed by atoms with E-state index in [0.29, 0.717) is 0 Å². The van der Waals surface area contributed by atoms with Crippen LogP contribution in [0.15, 0.2) is 0 Å². The maximum atomic E-state index is 11.6. The lowest BCUT2D eigenvalue weighted by Gasteiger charge is -2.35. The molecule has 1 saturated carbocycles. The highest BCUT2D eigenvalue weighted by Crippen LogP contribution is 2.65. The Bertz CT molecular complexity index is 271. The Hall–Kier alpha value is -0.570. The van der Waals surface area contributed by atoms with Crippen LogP contribution in [0.2, 0.25) is 0 Å². The number of esters is 1. The Kier molecular flexibility index (Phi) is 1.44. The molecule has 0 radical (unpaired) electrons. The van der Waals surface area contributed by atoms with Crippen molar-refractivity contribution < 1.29 is 14.6 Å². The van der Waals surface area contributed by atoms with E-state index in [4.69, 9.17) is 4.74 Å². The van der Waals surface area contributed by atoms with Crippen molar-refractivity contribution in [2.45, 2.75) is 39.2 Å². The molecule has 2 aliphatic rings. The first-order chi connectivity index (χ1) is 5.90. The summed E-state index contributed by atoms with van der Waals surface area (Å²) in [4.78, 5) is 11.6. The van der Waals surface area contributed by atoms with Crippen LogP contribution in [0.4, 0.5) is 0 Å². The molecule has 0 amide bonds. The van der Waals surface area contributed by atoms with Crippen molar-refractivity contribution in [3.63, 3.8) is 0 Å². The molecule has 2 bridgehead atoms. The van der Waals surface area contributed by atoms with Gasteiger partial charge < -0.3 is 9.84 Å². The van der Waals surface area contributed by atoms with Crippen LogP contribution in [0.25, 0.3) is 0 Å². The molecule has 1 aliphatic carbocycles. The first-order valence-electron chi connectivity index (χ1n) is 4.74. The Balaban J connectivity index is 2.53. The summed E-state index contributed by atoms with van der Waals surface area (Å²) in [7, 11) is 0. The molecule has 0 aromatic heterocycles. The molecule has 13 heavy (non-hydrogen) atoms. The lowest BCUT2D eigenvalue weighted by molar-refractivity contribution is -0.163. The van der Waals surface area contributed by atoms with Crippen molar-refractivity contribution in [1.82, 2.24) is 0 Å². The second kappa shape index (κ2) is 2.08. The van der Waals surface area contributed by atoms with Crippen LogP contribution in [0.3, 0.4) is 0 Å². The van der Waals surface area contributed by atoms with Crippen LogP contribution in [0, 0.1) is 10.8 Å². The molecule has 2 fully saturated rings. The van der Waals surface area contributed by atoms with Gasteiger partial charge in [0.25, 0.3) is 0 Å². The second-order valence-corrected chi connectivity index (χ2v) is 5.00. The molecule has 1 saturated heterocycles. The summed E-state index contributed by atoms with van der Waals surface area (Å²) in [5.41, 5.74) is -1.25. The van der Waals surface area contributed by atoms with E-state index in [9.17, 15) is 9.90 Å². The Labute approximate surface area is 78.1 Å². The van der Waals surface area contributed by atoms with E-state index >= 15 is 0 Å². The molecule has 3 heteroatoms. The minimum Gasteiger partial charge on any atom is -0.456 e. The third kappa shape index (κ3) is 0.688. The fourth-order valence-corrected chi connectivity index (χ4v) is 2.71. The van der Waals surface area contributed by atoms with Gasteiger partial charge in [0.1, 0.15) is 5.60 Å². The first-order valence-corrected chi connectivity index (χ1v) is 4.74. The van der Waals surface area contributed by atoms with Crippen molar-refractivity contribution in [2.24, 2.45) is 10.8 Å². The molecule has 0 spiro atoms. The van der Waals surface area contributed by atoms with Crippen LogP contribution in [0.5, 0.6) is 0 Å². The van der Waals surface area contributed by atoms with Gasteiger partial charge in [-0.25, -0.2) is 0 Å². The van der Waals surface area contributed by atoms with Gasteiger partial charge in [0.2, 0.25) is 0 Å². The molecular weight excluding hydrogens is 168 g/mol. The van der Waals surface area contributed by atoms with E-state index in [1.54, 1.807) is 0 Å². The number of aliphatic hydroxyl groups excluding tert-OH is 1. The summed E-state index contributed by atoms with van der Waals surface area (Å²) in [6.07, 6.45) is 1.62. The molecule has 1 heterocycles. The summed E-state index contributed by atoms with van der Waals surface area (Å²) >= 11 is 0. The van der Waals surface area contributed by atoms with E-state index in [1.807, 2.05) is 20.8 Å². The topological polar surface area (TPSA) is 46.5 Å². The monoisotopic (exact) mass is 184 g/mol. The fourth-order valence-electron chi connectivity index (χ4n) is 2.71. The Morgan fingerprint density at radius 2 is 2.00 bits per heavy atom. The largest absolute Gasteiger partial charge is 0.456 e. The molecule has 0 aromatic rings. The standard InChI is InChI=1S/C10H16O3/c1-8(2)9(3)4-5-10(8,6-11)13-7(9)12/h11H,4-6H2,1-3H3. The van der Waals surface area contributed by atoms with Crippen molar-refractivity contribution >= 4 is 5.97 Å². The minimum atomic E-state index is -0.612. The number of hydrogen-bond donors (Lipinski definition) is 1. The quantitative estimate of drug-likeness (QED) is 0.621. The first kappa shape index (κ1) is 9.00. The highest BCUT2D eigenvalue weighted by atomic mass is 16.6. The van der Waals surface area contributed by atoms with Gasteiger partial charge in [-0.3, -0.25) is 4.79 Å². The lowest BCUT2D eigenvalue weighted by Crippen LogP contribution is -2.43. The zero-order valence-electron chi connectivity index (χ0n) is 8.39. The number of carbonyl (C=O) groups is 1. The summed E-state index contributed by atoms with van der Waals surface area (Å²) in [5, 5.41) is 9.33. The zero-order valence-corrected chi connectivity index (χ0v) is 8.39. The lowest BCUT2D eigenvalue weighted by atomic mass is 9.66. The van der Waals surface area contributed by atoms with Gasteiger partial charge in [-0.05, 0) is 19.8 Å². The summed E-state index contributed by atoms with van der Waals surface area (Å²) in [6.45, 7) is 5.92. The minimum absolute atomic E-state index is 0.0542. The van der Waals surface area contributed by atoms with Gasteiger partial charge in [0.05, 0.1) is 12.0 Å². The number of aliphatic hydroxyl groups is 1. The fraction of sp³-hybridized carbons (Fsp3) is 0.900. The third-order valence-electron chi connectivity index (χ3n) is 4.54. The summed E-state index contributed by atoms with van der Waals surface area (Å²) in [6, 6.07) is 0. The smallest absolute Gasteiger partial charge is 0.313 e. The molecule has 2 atom stereocenters. The molecule has 2 unspecified atom stereocenters. The van der Waals surface area contributed by atoms with Gasteiger partial charge >= 0.3 is 5.97 Å². The Morgan fingerprint density at radius 1 is 1.38 bits per heavy atom. The summed E-state index contributed by atoms with van der Waals surface area (Å²) in [5.74, 6) is -0.141. The molecule has 0 aromatic carbocycles. The molecule has 74 valence electrons. The average molecular weight is 184 g/mol. The van der Waals surface area contributed by atoms with Crippen LogP contribution < -0.4 is 0 Å². The summed E-state index contributed by atoms with van der Waals surface area (Å²) < 4.78 is 5.33. The van der Waals surface area contributed by atoms with Gasteiger partial charge in [-0.15, -0.1) is 0 Å². The van der Waals surface area contributed by atoms with Crippen LogP contribution >= 0.6 is 0 Å². The highest BCUT2D eigenvalue weighted by molar-refractivity contribution is 5.82. The van der Waals surface area contributed by atoms with Crippen molar-refractivity contribution in [2.75, 3.05) is 6.61 Å². The molecule has 1 aliphatic heterocycles. The number of hydrogen-bond acceptors (Lipinski definition) is 3. The van der Waals surface area contributed by atoms with E-state index in [2.05, 4.69) is 0 Å². The van der Waals surface area contributed by atoms with E-state index < -0.39 is 11.0 Å². The van der Waals surface area contributed by atoms with Gasteiger partial charge in [-0.2, -0.15) is 0 Å². The third-order valence-corrected chi connectivity index (χ3v) is 4.54. The van der Waals surface area contributed by atoms with Crippen molar-refractivity contribution in [1.29, 1.82) is 0 Å².